The Kier molecular flexibility index (Phi) is 11.0. The van der Waals surface area contributed by atoms with Crippen LogP contribution in [0.15, 0.2) is 0 Å². The quantitative estimate of drug-likeness (QED) is 0.360. The lowest BCUT2D eigenvalue weighted by atomic mass is 9.95. The molecule has 0 aliphatic carbocycles. The average Bonchev–Trinajstić information content (AvgIpc) is 3.08. The second kappa shape index (κ2) is 12.4. The van der Waals surface area contributed by atoms with Gasteiger partial charge in [0, 0.05) is 36.2 Å². The molecule has 0 aromatic carbocycles. The van der Waals surface area contributed by atoms with Crippen LogP contribution in [0.25, 0.3) is 0 Å². The molecule has 26 heavy (non-hydrogen) atoms. The molecule has 1 aliphatic rings. The lowest BCUT2D eigenvalue weighted by molar-refractivity contribution is -0.138. The fraction of sp³-hybridized carbons (Fsp3) is 0.778. The number of carbonyl (C=O) groups excluding carboxylic acids is 3. The number of nitrogens with one attached hydrogen (secondary N) is 1. The summed E-state index contributed by atoms with van der Waals surface area (Å²) >= 11 is 0. The molecule has 148 valence electrons. The van der Waals surface area contributed by atoms with Gasteiger partial charge in [-0.15, -0.1) is 0 Å². The van der Waals surface area contributed by atoms with Gasteiger partial charge in [-0.3, -0.25) is 19.2 Å². The van der Waals surface area contributed by atoms with Crippen LogP contribution in [0.3, 0.4) is 0 Å². The second-order valence-electron chi connectivity index (χ2n) is 6.81. The predicted octanol–water partition coefficient (Wildman–Crippen LogP) is 3.23. The van der Waals surface area contributed by atoms with Crippen molar-refractivity contribution in [1.82, 2.24) is 5.32 Å². The average molecular weight is 404 g/mol. The van der Waals surface area contributed by atoms with E-state index < -0.39 is 17.9 Å². The highest BCUT2D eigenvalue weighted by Crippen LogP contribution is 2.39. The fourth-order valence-corrected chi connectivity index (χ4v) is 5.69. The lowest BCUT2D eigenvalue weighted by Crippen LogP contribution is -2.42. The number of unbranched alkanes of at least 4 members (excludes halogenated alkanes) is 1. The Morgan fingerprint density at radius 2 is 1.92 bits per heavy atom. The number of amides is 1. The largest absolute Gasteiger partial charge is 0.481 e. The Morgan fingerprint density at radius 3 is 2.50 bits per heavy atom. The molecule has 3 atom stereocenters. The van der Waals surface area contributed by atoms with Gasteiger partial charge in [0.15, 0.2) is 5.78 Å². The number of hydrogen-bond acceptors (Lipinski definition) is 6. The van der Waals surface area contributed by atoms with Crippen LogP contribution in [-0.2, 0) is 19.2 Å². The molecular formula is C18H29NO5S2. The summed E-state index contributed by atoms with van der Waals surface area (Å²) in [7, 11) is 3.82. The standard InChI is InChI=1S/C18H29NO5S2/c1-12(13(2)20)11-16(21)15(7-8-18(23)24)19-17(22)6-4-3-5-14-9-10-25-26-14/h12,14-15H,3-11H2,1-2H3,(H,19,22)(H,23,24)/t12?,14-,15?/m1/s1. The first-order chi connectivity index (χ1) is 12.3. The summed E-state index contributed by atoms with van der Waals surface area (Å²) in [6.07, 6.45) is 4.28. The van der Waals surface area contributed by atoms with E-state index in [2.05, 4.69) is 5.32 Å². The molecule has 0 aromatic rings. The van der Waals surface area contributed by atoms with Gasteiger partial charge >= 0.3 is 5.97 Å². The Labute approximate surface area is 163 Å². The molecule has 0 spiro atoms. The summed E-state index contributed by atoms with van der Waals surface area (Å²) in [4.78, 5) is 46.6. The van der Waals surface area contributed by atoms with Crippen LogP contribution in [0.4, 0.5) is 0 Å². The third kappa shape index (κ3) is 9.62. The zero-order valence-electron chi connectivity index (χ0n) is 15.5. The zero-order chi connectivity index (χ0) is 19.5. The maximum atomic E-state index is 12.3. The summed E-state index contributed by atoms with van der Waals surface area (Å²) in [6, 6.07) is -0.831. The lowest BCUT2D eigenvalue weighted by Gasteiger charge is -2.18. The summed E-state index contributed by atoms with van der Waals surface area (Å²) in [5.74, 6) is -0.830. The highest BCUT2D eigenvalue weighted by atomic mass is 33.1. The molecule has 1 amide bonds. The number of aliphatic carboxylic acids is 1. The number of rotatable bonds is 13. The molecular weight excluding hydrogens is 374 g/mol. The van der Waals surface area contributed by atoms with E-state index in [1.165, 1.54) is 19.1 Å². The van der Waals surface area contributed by atoms with Gasteiger partial charge in [-0.25, -0.2) is 0 Å². The van der Waals surface area contributed by atoms with E-state index in [4.69, 9.17) is 5.11 Å². The molecule has 1 rings (SSSR count). The van der Waals surface area contributed by atoms with E-state index in [-0.39, 0.29) is 36.7 Å². The Balaban J connectivity index is 2.41. The number of hydrogen-bond donors (Lipinski definition) is 2. The zero-order valence-corrected chi connectivity index (χ0v) is 17.1. The summed E-state index contributed by atoms with van der Waals surface area (Å²) in [6.45, 7) is 3.08. The van der Waals surface area contributed by atoms with E-state index >= 15 is 0 Å². The van der Waals surface area contributed by atoms with Gasteiger partial charge in [-0.1, -0.05) is 34.9 Å². The van der Waals surface area contributed by atoms with Crippen molar-refractivity contribution in [3.63, 3.8) is 0 Å². The van der Waals surface area contributed by atoms with Crippen molar-refractivity contribution in [3.8, 4) is 0 Å². The Bertz CT molecular complexity index is 506. The smallest absolute Gasteiger partial charge is 0.303 e. The van der Waals surface area contributed by atoms with Crippen LogP contribution in [0.1, 0.15) is 65.2 Å². The van der Waals surface area contributed by atoms with Crippen molar-refractivity contribution < 1.29 is 24.3 Å². The molecule has 0 radical (unpaired) electrons. The highest BCUT2D eigenvalue weighted by molar-refractivity contribution is 8.77. The fourth-order valence-electron chi connectivity index (χ4n) is 2.66. The summed E-state index contributed by atoms with van der Waals surface area (Å²) < 4.78 is 0. The summed E-state index contributed by atoms with van der Waals surface area (Å²) in [5, 5.41) is 12.2. The molecule has 6 nitrogen and oxygen atoms in total. The van der Waals surface area contributed by atoms with Crippen molar-refractivity contribution in [2.24, 2.45) is 5.92 Å². The van der Waals surface area contributed by atoms with Gasteiger partial charge in [0.2, 0.25) is 5.91 Å². The van der Waals surface area contributed by atoms with Crippen molar-refractivity contribution >= 4 is 45.0 Å². The number of carboxylic acid groups (broad SMARTS) is 1. The molecule has 1 saturated heterocycles. The molecule has 2 unspecified atom stereocenters. The molecule has 1 fully saturated rings. The highest BCUT2D eigenvalue weighted by Gasteiger charge is 2.24. The predicted molar refractivity (Wildman–Crippen MR) is 105 cm³/mol. The minimum absolute atomic E-state index is 0.0243. The maximum absolute atomic E-state index is 12.3. The number of ketones is 2. The number of carboxylic acids is 1. The second-order valence-corrected chi connectivity index (χ2v) is 9.60. The first-order valence-corrected chi connectivity index (χ1v) is 11.5. The number of Topliss-reactive ketones (excluding diaryl/α,β-unsaturated/α-hetero) is 2. The van der Waals surface area contributed by atoms with Crippen LogP contribution in [0.5, 0.6) is 0 Å². The van der Waals surface area contributed by atoms with Gasteiger partial charge in [-0.2, -0.15) is 0 Å². The molecule has 0 saturated carbocycles. The van der Waals surface area contributed by atoms with Crippen LogP contribution < -0.4 is 5.32 Å². The van der Waals surface area contributed by atoms with Crippen molar-refractivity contribution in [2.45, 2.75) is 76.5 Å². The molecule has 0 bridgehead atoms. The summed E-state index contributed by atoms with van der Waals surface area (Å²) in [5.41, 5.74) is 0. The minimum atomic E-state index is -1.01. The maximum Gasteiger partial charge on any atom is 0.303 e. The topological polar surface area (TPSA) is 101 Å². The van der Waals surface area contributed by atoms with Crippen LogP contribution in [0, 0.1) is 5.92 Å². The van der Waals surface area contributed by atoms with Gasteiger partial charge < -0.3 is 10.4 Å². The van der Waals surface area contributed by atoms with Crippen LogP contribution >= 0.6 is 21.6 Å². The van der Waals surface area contributed by atoms with Crippen LogP contribution in [0.2, 0.25) is 0 Å². The van der Waals surface area contributed by atoms with E-state index in [9.17, 15) is 19.2 Å². The van der Waals surface area contributed by atoms with Gasteiger partial charge in [0.05, 0.1) is 6.04 Å². The molecule has 0 aromatic heterocycles. The Hall–Kier alpha value is -1.02. The van der Waals surface area contributed by atoms with E-state index in [0.717, 1.165) is 19.3 Å². The minimum Gasteiger partial charge on any atom is -0.481 e. The van der Waals surface area contributed by atoms with Crippen molar-refractivity contribution in [2.75, 3.05) is 5.75 Å². The van der Waals surface area contributed by atoms with Gasteiger partial charge in [0.25, 0.3) is 0 Å². The van der Waals surface area contributed by atoms with Gasteiger partial charge in [-0.05, 0) is 32.6 Å². The SMILES string of the molecule is CC(=O)C(C)CC(=O)C(CCC(=O)O)NC(=O)CCCC[C@@H]1CCSS1. The third-order valence-corrected chi connectivity index (χ3v) is 7.49. The molecule has 8 heteroatoms. The van der Waals surface area contributed by atoms with Crippen LogP contribution in [-0.4, -0.2) is 45.6 Å². The van der Waals surface area contributed by atoms with Crippen molar-refractivity contribution in [1.29, 1.82) is 0 Å². The Morgan fingerprint density at radius 1 is 1.19 bits per heavy atom. The third-order valence-electron chi connectivity index (χ3n) is 4.48. The number of carbonyl (C=O) groups is 4. The van der Waals surface area contributed by atoms with E-state index in [1.807, 2.05) is 21.6 Å². The van der Waals surface area contributed by atoms with E-state index in [1.54, 1.807) is 6.92 Å². The van der Waals surface area contributed by atoms with Gasteiger partial charge in [0.1, 0.15) is 5.78 Å². The molecule has 1 heterocycles. The molecule has 2 N–H and O–H groups in total. The first kappa shape index (κ1) is 23.0. The normalized spacial score (nSPS) is 18.9. The first-order valence-electron chi connectivity index (χ1n) is 9.12. The van der Waals surface area contributed by atoms with Crippen molar-refractivity contribution in [3.05, 3.63) is 0 Å². The van der Waals surface area contributed by atoms with E-state index in [0.29, 0.717) is 11.7 Å². The monoisotopic (exact) mass is 403 g/mol. The molecule has 1 aliphatic heterocycles.